The van der Waals surface area contributed by atoms with Crippen molar-refractivity contribution >= 4 is 44.9 Å². The number of phosphoric acid groups is 1. The number of nitrogen functional groups attached to an aromatic ring is 1. The number of thioether (sulfide) groups is 1. The summed E-state index contributed by atoms with van der Waals surface area (Å²) in [4.78, 5) is 23.6. The monoisotopic (exact) mass is 605 g/mol. The maximum absolute atomic E-state index is 13.3. The van der Waals surface area contributed by atoms with Gasteiger partial charge in [-0.05, 0) is 38.2 Å². The highest BCUT2D eigenvalue weighted by Gasteiger charge is 2.54. The van der Waals surface area contributed by atoms with E-state index in [-0.39, 0.29) is 24.1 Å². The van der Waals surface area contributed by atoms with Crippen LogP contribution in [0.25, 0.3) is 11.2 Å². The van der Waals surface area contributed by atoms with Crippen LogP contribution in [0, 0.1) is 0 Å². The summed E-state index contributed by atoms with van der Waals surface area (Å²) in [7, 11) is -6.99. The van der Waals surface area contributed by atoms with E-state index in [1.807, 2.05) is 6.26 Å². The molecule has 0 bridgehead atoms. The van der Waals surface area contributed by atoms with Gasteiger partial charge in [0.25, 0.3) is 0 Å². The minimum Gasteiger partial charge on any atom is -0.408 e. The molecule has 39 heavy (non-hydrogen) atoms. The summed E-state index contributed by atoms with van der Waals surface area (Å²) in [6.45, 7) is 14.2. The molecule has 2 aliphatic heterocycles. The molecular formula is C23H40N5O8PSSi. The standard InChI is InChI=1S/C23H40N5O8PSSi/c1-22(2,3)39(7,8)36-17-15(11-38-6)33-21(28-13-27-16-19(24)25-12-26-20(16)28)18(17)35-37(29,30)32-10-14-9-31-23(4,5)34-14/h12-15,17-18,21H,9-11H2,1-8H3,(H,29,30)(H2,24,25,26)/t14-,15-,17-,18-,21-/m1/s1. The number of rotatable bonds is 10. The number of hydrogen-bond acceptors (Lipinski definition) is 12. The molecule has 0 amide bonds. The van der Waals surface area contributed by atoms with Crippen LogP contribution in [0.2, 0.25) is 18.1 Å². The van der Waals surface area contributed by atoms with E-state index < -0.39 is 52.6 Å². The van der Waals surface area contributed by atoms with Crippen LogP contribution in [0.4, 0.5) is 5.82 Å². The van der Waals surface area contributed by atoms with Gasteiger partial charge in [-0.2, -0.15) is 11.8 Å². The molecule has 4 heterocycles. The van der Waals surface area contributed by atoms with Gasteiger partial charge in [-0.25, -0.2) is 19.5 Å². The number of hydrogen-bond donors (Lipinski definition) is 2. The van der Waals surface area contributed by atoms with E-state index in [0.29, 0.717) is 16.9 Å². The minimum absolute atomic E-state index is 0.130. The van der Waals surface area contributed by atoms with Gasteiger partial charge in [0, 0.05) is 5.75 Å². The molecule has 0 radical (unpaired) electrons. The molecule has 2 saturated heterocycles. The third-order valence-electron chi connectivity index (χ3n) is 7.26. The number of ether oxygens (including phenoxy) is 3. The molecule has 2 aromatic rings. The zero-order valence-electron chi connectivity index (χ0n) is 23.7. The van der Waals surface area contributed by atoms with Crippen molar-refractivity contribution in [1.82, 2.24) is 19.5 Å². The summed E-state index contributed by atoms with van der Waals surface area (Å²) in [5, 5.41) is -0.130. The van der Waals surface area contributed by atoms with Crippen LogP contribution in [-0.2, 0) is 32.2 Å². The first-order chi connectivity index (χ1) is 18.0. The van der Waals surface area contributed by atoms with Crippen molar-refractivity contribution in [1.29, 1.82) is 0 Å². The Hall–Kier alpha value is -1.13. The third-order valence-corrected chi connectivity index (χ3v) is 13.4. The van der Waals surface area contributed by atoms with Crippen molar-refractivity contribution in [3.05, 3.63) is 12.7 Å². The second-order valence-electron chi connectivity index (χ2n) is 11.7. The number of aromatic nitrogens is 4. The van der Waals surface area contributed by atoms with Gasteiger partial charge in [0.2, 0.25) is 0 Å². The highest BCUT2D eigenvalue weighted by Crippen LogP contribution is 2.51. The Bertz CT molecular complexity index is 1210. The molecule has 220 valence electrons. The van der Waals surface area contributed by atoms with E-state index in [1.54, 1.807) is 30.2 Å². The Labute approximate surface area is 234 Å². The third kappa shape index (κ3) is 6.85. The maximum Gasteiger partial charge on any atom is 0.472 e. The van der Waals surface area contributed by atoms with E-state index in [1.165, 1.54) is 12.7 Å². The Balaban J connectivity index is 1.67. The first-order valence-electron chi connectivity index (χ1n) is 12.8. The second-order valence-corrected chi connectivity index (χ2v) is 18.8. The minimum atomic E-state index is -4.61. The number of imidazole rings is 1. The summed E-state index contributed by atoms with van der Waals surface area (Å²) < 4.78 is 50.8. The van der Waals surface area contributed by atoms with Gasteiger partial charge in [0.15, 0.2) is 31.8 Å². The van der Waals surface area contributed by atoms with Crippen LogP contribution in [-0.4, -0.2) is 88.2 Å². The van der Waals surface area contributed by atoms with Crippen LogP contribution in [0.1, 0.15) is 40.8 Å². The molecular weight excluding hydrogens is 565 g/mol. The number of nitrogens with two attached hydrogens (primary N) is 1. The summed E-state index contributed by atoms with van der Waals surface area (Å²) in [6.07, 6.45) is 1.23. The van der Waals surface area contributed by atoms with Crippen LogP contribution in [0.5, 0.6) is 0 Å². The highest BCUT2D eigenvalue weighted by atomic mass is 32.2. The van der Waals surface area contributed by atoms with Crippen LogP contribution >= 0.6 is 19.6 Å². The van der Waals surface area contributed by atoms with E-state index in [4.69, 9.17) is 33.4 Å². The van der Waals surface area contributed by atoms with Crippen molar-refractivity contribution in [2.45, 2.75) is 89.2 Å². The Kier molecular flexibility index (Phi) is 8.91. The maximum atomic E-state index is 13.3. The van der Waals surface area contributed by atoms with E-state index in [0.717, 1.165) is 0 Å². The summed E-state index contributed by atoms with van der Waals surface area (Å²) in [5.41, 5.74) is 6.80. The normalized spacial score (nSPS) is 29.2. The largest absolute Gasteiger partial charge is 0.472 e. The predicted molar refractivity (Wildman–Crippen MR) is 150 cm³/mol. The number of phosphoric ester groups is 1. The van der Waals surface area contributed by atoms with Crippen LogP contribution in [0.15, 0.2) is 12.7 Å². The molecule has 2 aromatic heterocycles. The highest BCUT2D eigenvalue weighted by molar-refractivity contribution is 7.98. The lowest BCUT2D eigenvalue weighted by atomic mass is 10.1. The van der Waals surface area contributed by atoms with Gasteiger partial charge in [-0.1, -0.05) is 20.8 Å². The Morgan fingerprint density at radius 1 is 1.28 bits per heavy atom. The van der Waals surface area contributed by atoms with Gasteiger partial charge in [-0.3, -0.25) is 13.6 Å². The SMILES string of the molecule is CSC[C@H]1O[C@@H](n2cnc3c(N)ncnc32)[C@H](OP(=O)(O)OC[C@H]2COC(C)(C)O2)[C@@H]1O[Si](C)(C)C(C)(C)C. The number of anilines is 1. The molecule has 2 fully saturated rings. The van der Waals surface area contributed by atoms with Crippen molar-refractivity contribution < 1.29 is 37.1 Å². The smallest absolute Gasteiger partial charge is 0.408 e. The summed E-state index contributed by atoms with van der Waals surface area (Å²) >= 11 is 1.58. The van der Waals surface area contributed by atoms with Gasteiger partial charge in [-0.15, -0.1) is 0 Å². The van der Waals surface area contributed by atoms with E-state index in [2.05, 4.69) is 48.8 Å². The first kappa shape index (κ1) is 30.8. The Morgan fingerprint density at radius 2 is 2.00 bits per heavy atom. The van der Waals surface area contributed by atoms with Gasteiger partial charge in [0.05, 0.1) is 25.6 Å². The molecule has 0 saturated carbocycles. The van der Waals surface area contributed by atoms with Crippen molar-refractivity contribution in [3.8, 4) is 0 Å². The molecule has 3 N–H and O–H groups in total. The lowest BCUT2D eigenvalue weighted by molar-refractivity contribution is -0.142. The Morgan fingerprint density at radius 3 is 2.62 bits per heavy atom. The lowest BCUT2D eigenvalue weighted by Gasteiger charge is -2.40. The molecule has 16 heteroatoms. The van der Waals surface area contributed by atoms with Crippen molar-refractivity contribution in [2.75, 3.05) is 31.0 Å². The van der Waals surface area contributed by atoms with Crippen molar-refractivity contribution in [2.24, 2.45) is 0 Å². The predicted octanol–water partition coefficient (Wildman–Crippen LogP) is 3.71. The molecule has 1 unspecified atom stereocenters. The van der Waals surface area contributed by atoms with Gasteiger partial charge >= 0.3 is 7.82 Å². The molecule has 2 aliphatic rings. The molecule has 4 rings (SSSR count). The van der Waals surface area contributed by atoms with E-state index in [9.17, 15) is 9.46 Å². The second kappa shape index (κ2) is 11.3. The zero-order chi connectivity index (χ0) is 28.8. The summed E-state index contributed by atoms with van der Waals surface area (Å²) in [5.74, 6) is -0.0158. The quantitative estimate of drug-likeness (QED) is 0.298. The average Bonchev–Trinajstić information content (AvgIpc) is 3.49. The molecule has 6 atom stereocenters. The van der Waals surface area contributed by atoms with Crippen LogP contribution in [0.3, 0.4) is 0 Å². The fourth-order valence-corrected chi connectivity index (χ4v) is 7.13. The van der Waals surface area contributed by atoms with Gasteiger partial charge in [0.1, 0.15) is 30.2 Å². The molecule has 0 spiro atoms. The van der Waals surface area contributed by atoms with Crippen molar-refractivity contribution in [3.63, 3.8) is 0 Å². The van der Waals surface area contributed by atoms with Gasteiger partial charge < -0.3 is 29.3 Å². The molecule has 0 aliphatic carbocycles. The van der Waals surface area contributed by atoms with Crippen LogP contribution < -0.4 is 5.73 Å². The molecule has 13 nitrogen and oxygen atoms in total. The zero-order valence-corrected chi connectivity index (χ0v) is 26.4. The number of nitrogens with zero attached hydrogens (tertiary/aromatic N) is 4. The average molecular weight is 606 g/mol. The fourth-order valence-electron chi connectivity index (χ4n) is 4.27. The topological polar surface area (TPSA) is 162 Å². The summed E-state index contributed by atoms with van der Waals surface area (Å²) in [6, 6.07) is 0. The number of fused-ring (bicyclic) bond motifs is 1. The van der Waals surface area contributed by atoms with E-state index >= 15 is 0 Å². The fraction of sp³-hybridized carbons (Fsp3) is 0.783. The molecule has 0 aromatic carbocycles. The first-order valence-corrected chi connectivity index (χ1v) is 18.6. The lowest BCUT2D eigenvalue weighted by Crippen LogP contribution is -2.50.